The maximum Gasteiger partial charge on any atom is 0.240 e. The van der Waals surface area contributed by atoms with Gasteiger partial charge in [-0.2, -0.15) is 5.26 Å². The second kappa shape index (κ2) is 5.09. The normalized spacial score (nSPS) is 12.2. The van der Waals surface area contributed by atoms with Gasteiger partial charge in [-0.3, -0.25) is 0 Å². The fraction of sp³-hybridized carbons (Fsp3) is 0.462. The van der Waals surface area contributed by atoms with Gasteiger partial charge in [-0.1, -0.05) is 20.8 Å². The fourth-order valence-corrected chi connectivity index (χ4v) is 2.69. The van der Waals surface area contributed by atoms with Gasteiger partial charge in [0.2, 0.25) is 10.0 Å². The lowest BCUT2D eigenvalue weighted by atomic mass is 9.98. The smallest absolute Gasteiger partial charge is 0.211 e. The number of nitrogens with zero attached hydrogens (tertiary/aromatic N) is 1. The van der Waals surface area contributed by atoms with Gasteiger partial charge in [-0.15, -0.1) is 0 Å². The van der Waals surface area contributed by atoms with Crippen LogP contribution in [-0.2, 0) is 10.0 Å². The molecule has 0 heterocycles. The maximum absolute atomic E-state index is 12.0. The molecule has 0 saturated carbocycles. The van der Waals surface area contributed by atoms with E-state index in [9.17, 15) is 8.42 Å². The van der Waals surface area contributed by atoms with Crippen molar-refractivity contribution in [3.8, 4) is 6.07 Å². The summed E-state index contributed by atoms with van der Waals surface area (Å²) in [4.78, 5) is 0.197. The third kappa shape index (κ3) is 3.83. The largest absolute Gasteiger partial charge is 0.240 e. The van der Waals surface area contributed by atoms with E-state index in [0.29, 0.717) is 17.7 Å². The Bertz CT molecular complexity index is 578. The molecular weight excluding hydrogens is 248 g/mol. The molecular formula is C13H18N2O2S. The SMILES string of the molecule is Cc1cc(S(=O)(=O)NCC(C)(C)C)ccc1C#N. The zero-order valence-corrected chi connectivity index (χ0v) is 11.9. The third-order valence-electron chi connectivity index (χ3n) is 2.42. The van der Waals surface area contributed by atoms with E-state index in [0.717, 1.165) is 0 Å². The molecule has 0 saturated heterocycles. The molecule has 0 unspecified atom stereocenters. The van der Waals surface area contributed by atoms with Crippen molar-refractivity contribution in [2.24, 2.45) is 5.41 Å². The van der Waals surface area contributed by atoms with E-state index >= 15 is 0 Å². The minimum absolute atomic E-state index is 0.116. The van der Waals surface area contributed by atoms with Crippen molar-refractivity contribution in [3.05, 3.63) is 29.3 Å². The van der Waals surface area contributed by atoms with Gasteiger partial charge in [0, 0.05) is 6.54 Å². The quantitative estimate of drug-likeness (QED) is 0.911. The van der Waals surface area contributed by atoms with Crippen molar-refractivity contribution < 1.29 is 8.42 Å². The molecule has 18 heavy (non-hydrogen) atoms. The molecule has 0 amide bonds. The van der Waals surface area contributed by atoms with Gasteiger partial charge in [0.1, 0.15) is 0 Å². The third-order valence-corrected chi connectivity index (χ3v) is 3.82. The summed E-state index contributed by atoms with van der Waals surface area (Å²) in [7, 11) is -3.50. The summed E-state index contributed by atoms with van der Waals surface area (Å²) in [6.07, 6.45) is 0. The van der Waals surface area contributed by atoms with Crippen LogP contribution in [0, 0.1) is 23.7 Å². The Morgan fingerprint density at radius 2 is 1.94 bits per heavy atom. The van der Waals surface area contributed by atoms with E-state index < -0.39 is 10.0 Å². The first kappa shape index (κ1) is 14.7. The van der Waals surface area contributed by atoms with Crippen LogP contribution in [0.4, 0.5) is 0 Å². The number of aryl methyl sites for hydroxylation is 1. The van der Waals surface area contributed by atoms with Crippen molar-refractivity contribution in [2.45, 2.75) is 32.6 Å². The van der Waals surface area contributed by atoms with Crippen LogP contribution in [-0.4, -0.2) is 15.0 Å². The lowest BCUT2D eigenvalue weighted by Crippen LogP contribution is -2.32. The van der Waals surface area contributed by atoms with Crippen LogP contribution in [0.3, 0.4) is 0 Å². The zero-order chi connectivity index (χ0) is 14.0. The molecule has 1 aromatic rings. The van der Waals surface area contributed by atoms with E-state index in [4.69, 9.17) is 5.26 Å². The van der Waals surface area contributed by atoms with E-state index in [-0.39, 0.29) is 10.3 Å². The molecule has 5 heteroatoms. The molecule has 1 N–H and O–H groups in total. The summed E-state index contributed by atoms with van der Waals surface area (Å²) in [5, 5.41) is 8.81. The van der Waals surface area contributed by atoms with Crippen molar-refractivity contribution in [1.29, 1.82) is 5.26 Å². The highest BCUT2D eigenvalue weighted by molar-refractivity contribution is 7.89. The van der Waals surface area contributed by atoms with Gasteiger partial charge in [-0.05, 0) is 36.1 Å². The van der Waals surface area contributed by atoms with Crippen molar-refractivity contribution >= 4 is 10.0 Å². The van der Waals surface area contributed by atoms with Crippen molar-refractivity contribution in [3.63, 3.8) is 0 Å². The predicted octanol–water partition coefficient (Wildman–Crippen LogP) is 2.19. The Balaban J connectivity index is 3.00. The second-order valence-electron chi connectivity index (χ2n) is 5.47. The lowest BCUT2D eigenvalue weighted by Gasteiger charge is -2.18. The van der Waals surface area contributed by atoms with Crippen LogP contribution >= 0.6 is 0 Å². The Morgan fingerprint density at radius 1 is 1.33 bits per heavy atom. The summed E-state index contributed by atoms with van der Waals surface area (Å²) in [5.74, 6) is 0. The van der Waals surface area contributed by atoms with Crippen LogP contribution in [0.5, 0.6) is 0 Å². The highest BCUT2D eigenvalue weighted by Gasteiger charge is 2.18. The zero-order valence-electron chi connectivity index (χ0n) is 11.1. The predicted molar refractivity (Wildman–Crippen MR) is 70.5 cm³/mol. The minimum Gasteiger partial charge on any atom is -0.211 e. The molecule has 0 fully saturated rings. The minimum atomic E-state index is -3.50. The average molecular weight is 266 g/mol. The molecule has 1 rings (SSSR count). The maximum atomic E-state index is 12.0. The van der Waals surface area contributed by atoms with Gasteiger partial charge in [0.15, 0.2) is 0 Å². The molecule has 0 bridgehead atoms. The number of benzene rings is 1. The van der Waals surface area contributed by atoms with Gasteiger partial charge in [0.05, 0.1) is 16.5 Å². The van der Waals surface area contributed by atoms with Gasteiger partial charge in [-0.25, -0.2) is 13.1 Å². The second-order valence-corrected chi connectivity index (χ2v) is 7.24. The van der Waals surface area contributed by atoms with E-state index in [1.807, 2.05) is 26.8 Å². The molecule has 4 nitrogen and oxygen atoms in total. The number of nitriles is 1. The molecule has 0 spiro atoms. The summed E-state index contributed by atoms with van der Waals surface area (Å²) >= 11 is 0. The molecule has 0 aliphatic heterocycles. The molecule has 0 atom stereocenters. The summed E-state index contributed by atoms with van der Waals surface area (Å²) < 4.78 is 26.6. The number of rotatable bonds is 3. The Morgan fingerprint density at radius 3 is 2.39 bits per heavy atom. The lowest BCUT2D eigenvalue weighted by molar-refractivity contribution is 0.407. The monoisotopic (exact) mass is 266 g/mol. The molecule has 1 aromatic carbocycles. The number of hydrogen-bond acceptors (Lipinski definition) is 3. The standard InChI is InChI=1S/C13H18N2O2S/c1-10-7-12(6-5-11(10)8-14)18(16,17)15-9-13(2,3)4/h5-7,15H,9H2,1-4H3. The summed E-state index contributed by atoms with van der Waals surface area (Å²) in [5.41, 5.74) is 1.04. The van der Waals surface area contributed by atoms with Gasteiger partial charge in [0.25, 0.3) is 0 Å². The highest BCUT2D eigenvalue weighted by Crippen LogP contribution is 2.17. The topological polar surface area (TPSA) is 70.0 Å². The fourth-order valence-electron chi connectivity index (χ4n) is 1.32. The summed E-state index contributed by atoms with van der Waals surface area (Å²) in [6.45, 7) is 7.97. The van der Waals surface area contributed by atoms with Crippen molar-refractivity contribution in [1.82, 2.24) is 4.72 Å². The highest BCUT2D eigenvalue weighted by atomic mass is 32.2. The van der Waals surface area contributed by atoms with Crippen LogP contribution in [0.15, 0.2) is 23.1 Å². The Hall–Kier alpha value is -1.38. The van der Waals surface area contributed by atoms with Crippen LogP contribution in [0.25, 0.3) is 0 Å². The van der Waals surface area contributed by atoms with Gasteiger partial charge >= 0.3 is 0 Å². The molecule has 0 aliphatic rings. The first-order chi connectivity index (χ1) is 8.15. The number of nitrogens with one attached hydrogen (secondary N) is 1. The Kier molecular flexibility index (Phi) is 4.15. The first-order valence-corrected chi connectivity index (χ1v) is 7.14. The van der Waals surface area contributed by atoms with Crippen LogP contribution in [0.1, 0.15) is 31.9 Å². The molecule has 0 aliphatic carbocycles. The average Bonchev–Trinajstić information content (AvgIpc) is 2.25. The van der Waals surface area contributed by atoms with Crippen LogP contribution < -0.4 is 4.72 Å². The van der Waals surface area contributed by atoms with Crippen molar-refractivity contribution in [2.75, 3.05) is 6.54 Å². The number of sulfonamides is 1. The first-order valence-electron chi connectivity index (χ1n) is 5.66. The Labute approximate surface area is 109 Å². The van der Waals surface area contributed by atoms with Crippen LogP contribution in [0.2, 0.25) is 0 Å². The van der Waals surface area contributed by atoms with E-state index in [1.54, 1.807) is 6.92 Å². The van der Waals surface area contributed by atoms with E-state index in [2.05, 4.69) is 4.72 Å². The van der Waals surface area contributed by atoms with Gasteiger partial charge < -0.3 is 0 Å². The van der Waals surface area contributed by atoms with E-state index in [1.165, 1.54) is 18.2 Å². The summed E-state index contributed by atoms with van der Waals surface area (Å²) in [6, 6.07) is 6.52. The molecule has 0 aromatic heterocycles. The molecule has 98 valence electrons. The number of hydrogen-bond donors (Lipinski definition) is 1. The molecule has 0 radical (unpaired) electrons.